The third-order valence-electron chi connectivity index (χ3n) is 4.32. The van der Waals surface area contributed by atoms with Gasteiger partial charge in [0.15, 0.2) is 0 Å². The van der Waals surface area contributed by atoms with Crippen LogP contribution in [-0.2, 0) is 6.42 Å². The van der Waals surface area contributed by atoms with E-state index in [4.69, 9.17) is 28.2 Å². The van der Waals surface area contributed by atoms with Crippen LogP contribution in [0.2, 0.25) is 5.02 Å². The summed E-state index contributed by atoms with van der Waals surface area (Å²) in [4.78, 5) is 4.76. The molecule has 0 aliphatic heterocycles. The van der Waals surface area contributed by atoms with E-state index in [1.807, 2.05) is 18.2 Å². The van der Waals surface area contributed by atoms with Crippen LogP contribution in [0.25, 0.3) is 11.0 Å². The van der Waals surface area contributed by atoms with Crippen LogP contribution in [-0.4, -0.2) is 15.4 Å². The molecule has 0 spiro atoms. The van der Waals surface area contributed by atoms with Gasteiger partial charge >= 0.3 is 0 Å². The van der Waals surface area contributed by atoms with E-state index in [-0.39, 0.29) is 0 Å². The van der Waals surface area contributed by atoms with E-state index in [1.165, 1.54) is 25.7 Å². The van der Waals surface area contributed by atoms with Crippen LogP contribution >= 0.6 is 23.2 Å². The number of imidazole rings is 1. The molecule has 0 N–H and O–H groups in total. The van der Waals surface area contributed by atoms with Crippen molar-refractivity contribution in [1.82, 2.24) is 9.55 Å². The largest absolute Gasteiger partial charge is 0.325 e. The Hall–Kier alpha value is -0.730. The van der Waals surface area contributed by atoms with E-state index in [0.29, 0.717) is 11.9 Å². The summed E-state index contributed by atoms with van der Waals surface area (Å²) in [5.74, 6) is 2.50. The topological polar surface area (TPSA) is 17.8 Å². The lowest BCUT2D eigenvalue weighted by molar-refractivity contribution is 0.283. The van der Waals surface area contributed by atoms with Crippen molar-refractivity contribution in [1.29, 1.82) is 0 Å². The van der Waals surface area contributed by atoms with E-state index in [2.05, 4.69) is 11.5 Å². The monoisotopic (exact) mass is 310 g/mol. The SMILES string of the molecule is CC1CCCC(n2c(CCCl)nc3ccc(Cl)cc32)C1. The van der Waals surface area contributed by atoms with E-state index in [1.54, 1.807) is 0 Å². The third kappa shape index (κ3) is 2.68. The second kappa shape index (κ2) is 5.95. The second-order valence-electron chi connectivity index (χ2n) is 5.90. The fourth-order valence-corrected chi connectivity index (χ4v) is 3.76. The van der Waals surface area contributed by atoms with Crippen molar-refractivity contribution in [2.24, 2.45) is 5.92 Å². The lowest BCUT2D eigenvalue weighted by Gasteiger charge is -2.29. The minimum Gasteiger partial charge on any atom is -0.325 e. The highest BCUT2D eigenvalue weighted by atomic mass is 35.5. The Kier molecular flexibility index (Phi) is 4.23. The van der Waals surface area contributed by atoms with Crippen molar-refractivity contribution >= 4 is 34.2 Å². The molecule has 0 bridgehead atoms. The fraction of sp³-hybridized carbons (Fsp3) is 0.562. The summed E-state index contributed by atoms with van der Waals surface area (Å²) in [7, 11) is 0. The number of hydrogen-bond donors (Lipinski definition) is 0. The number of benzene rings is 1. The van der Waals surface area contributed by atoms with E-state index in [9.17, 15) is 0 Å². The molecule has 0 radical (unpaired) electrons. The number of alkyl halides is 1. The first-order chi connectivity index (χ1) is 9.69. The van der Waals surface area contributed by atoms with E-state index in [0.717, 1.165) is 34.2 Å². The predicted octanol–water partition coefficient (Wildman–Crippen LogP) is 5.22. The predicted molar refractivity (Wildman–Crippen MR) is 85.8 cm³/mol. The summed E-state index contributed by atoms with van der Waals surface area (Å²) in [6.07, 6.45) is 5.92. The maximum Gasteiger partial charge on any atom is 0.111 e. The number of hydrogen-bond acceptors (Lipinski definition) is 1. The van der Waals surface area contributed by atoms with Crippen LogP contribution < -0.4 is 0 Å². The Morgan fingerprint density at radius 1 is 1.35 bits per heavy atom. The highest BCUT2D eigenvalue weighted by molar-refractivity contribution is 6.31. The van der Waals surface area contributed by atoms with Crippen LogP contribution in [0.5, 0.6) is 0 Å². The van der Waals surface area contributed by atoms with Crippen molar-refractivity contribution in [2.45, 2.75) is 45.1 Å². The molecule has 2 aromatic rings. The molecule has 108 valence electrons. The van der Waals surface area contributed by atoms with Crippen LogP contribution in [0.15, 0.2) is 18.2 Å². The first kappa shape index (κ1) is 14.2. The highest BCUT2D eigenvalue weighted by Crippen LogP contribution is 2.36. The second-order valence-corrected chi connectivity index (χ2v) is 6.71. The molecule has 4 heteroatoms. The molecular weight excluding hydrogens is 291 g/mol. The summed E-state index contributed by atoms with van der Waals surface area (Å²) in [6, 6.07) is 6.51. The minimum absolute atomic E-state index is 0.542. The number of aromatic nitrogens is 2. The fourth-order valence-electron chi connectivity index (χ4n) is 3.42. The number of halogens is 2. The minimum atomic E-state index is 0.542. The molecule has 2 atom stereocenters. The van der Waals surface area contributed by atoms with Gasteiger partial charge in [-0.25, -0.2) is 4.98 Å². The summed E-state index contributed by atoms with van der Waals surface area (Å²) in [5.41, 5.74) is 2.20. The Balaban J connectivity index is 2.09. The van der Waals surface area contributed by atoms with Gasteiger partial charge in [0, 0.05) is 23.4 Å². The van der Waals surface area contributed by atoms with Gasteiger partial charge in [-0.3, -0.25) is 0 Å². The zero-order chi connectivity index (χ0) is 14.1. The molecule has 1 aliphatic rings. The number of rotatable bonds is 3. The highest BCUT2D eigenvalue weighted by Gasteiger charge is 2.24. The quantitative estimate of drug-likeness (QED) is 0.710. The lowest BCUT2D eigenvalue weighted by atomic mass is 9.87. The van der Waals surface area contributed by atoms with Gasteiger partial charge in [0.25, 0.3) is 0 Å². The number of aryl methyl sites for hydroxylation is 1. The van der Waals surface area contributed by atoms with Gasteiger partial charge in [0.2, 0.25) is 0 Å². The first-order valence-corrected chi connectivity index (χ1v) is 8.32. The molecule has 20 heavy (non-hydrogen) atoms. The molecule has 1 aromatic carbocycles. The molecular formula is C16H20Cl2N2. The molecule has 0 saturated heterocycles. The molecule has 2 unspecified atom stereocenters. The smallest absolute Gasteiger partial charge is 0.111 e. The van der Waals surface area contributed by atoms with Crippen LogP contribution in [0.1, 0.15) is 44.5 Å². The molecule has 1 saturated carbocycles. The van der Waals surface area contributed by atoms with Crippen LogP contribution in [0.3, 0.4) is 0 Å². The van der Waals surface area contributed by atoms with Gasteiger partial charge in [0.05, 0.1) is 11.0 Å². The number of fused-ring (bicyclic) bond motifs is 1. The molecule has 2 nitrogen and oxygen atoms in total. The summed E-state index contributed by atoms with van der Waals surface area (Å²) in [6.45, 7) is 2.35. The van der Waals surface area contributed by atoms with Crippen LogP contribution in [0, 0.1) is 5.92 Å². The molecule has 1 fully saturated rings. The van der Waals surface area contributed by atoms with Gasteiger partial charge in [-0.15, -0.1) is 11.6 Å². The van der Waals surface area contributed by atoms with Crippen molar-refractivity contribution in [3.05, 3.63) is 29.0 Å². The van der Waals surface area contributed by atoms with E-state index < -0.39 is 0 Å². The van der Waals surface area contributed by atoms with Crippen LogP contribution in [0.4, 0.5) is 0 Å². The Morgan fingerprint density at radius 2 is 2.20 bits per heavy atom. The maximum absolute atomic E-state index is 6.18. The molecule has 1 aromatic heterocycles. The summed E-state index contributed by atoms with van der Waals surface area (Å²) < 4.78 is 2.40. The zero-order valence-corrected chi connectivity index (χ0v) is 13.3. The van der Waals surface area contributed by atoms with Gasteiger partial charge in [-0.1, -0.05) is 31.4 Å². The maximum atomic E-state index is 6.18. The molecule has 3 rings (SSSR count). The van der Waals surface area contributed by atoms with Gasteiger partial charge in [0.1, 0.15) is 5.82 Å². The molecule has 1 aliphatic carbocycles. The Bertz CT molecular complexity index is 606. The zero-order valence-electron chi connectivity index (χ0n) is 11.8. The van der Waals surface area contributed by atoms with Crippen molar-refractivity contribution in [3.63, 3.8) is 0 Å². The average molecular weight is 311 g/mol. The summed E-state index contributed by atoms with van der Waals surface area (Å²) in [5, 5.41) is 0.778. The van der Waals surface area contributed by atoms with Gasteiger partial charge in [-0.05, 0) is 37.0 Å². The third-order valence-corrected chi connectivity index (χ3v) is 4.74. The molecule has 1 heterocycles. The van der Waals surface area contributed by atoms with Crippen molar-refractivity contribution < 1.29 is 0 Å². The normalized spacial score (nSPS) is 23.4. The Morgan fingerprint density at radius 3 is 2.95 bits per heavy atom. The van der Waals surface area contributed by atoms with Crippen molar-refractivity contribution in [3.8, 4) is 0 Å². The van der Waals surface area contributed by atoms with Gasteiger partial charge < -0.3 is 4.57 Å². The lowest BCUT2D eigenvalue weighted by Crippen LogP contribution is -2.19. The van der Waals surface area contributed by atoms with E-state index >= 15 is 0 Å². The first-order valence-electron chi connectivity index (χ1n) is 7.41. The standard InChI is InChI=1S/C16H20Cl2N2/c1-11-3-2-4-13(9-11)20-15-10-12(18)5-6-14(15)19-16(20)7-8-17/h5-6,10-11,13H,2-4,7-9H2,1H3. The Labute approximate surface area is 130 Å². The number of nitrogens with zero attached hydrogens (tertiary/aromatic N) is 2. The van der Waals surface area contributed by atoms with Crippen molar-refractivity contribution in [2.75, 3.05) is 5.88 Å². The van der Waals surface area contributed by atoms with Gasteiger partial charge in [-0.2, -0.15) is 0 Å². The molecule has 0 amide bonds. The average Bonchev–Trinajstić information content (AvgIpc) is 2.76. The summed E-state index contributed by atoms with van der Waals surface area (Å²) >= 11 is 12.1.